The van der Waals surface area contributed by atoms with Crippen LogP contribution in [-0.4, -0.2) is 5.78 Å². The van der Waals surface area contributed by atoms with Gasteiger partial charge in [-0.05, 0) is 24.3 Å². The van der Waals surface area contributed by atoms with E-state index < -0.39 is 17.4 Å². The van der Waals surface area contributed by atoms with E-state index in [0.29, 0.717) is 9.21 Å². The molecule has 0 aliphatic heterocycles. The van der Waals surface area contributed by atoms with Crippen LogP contribution in [0.3, 0.4) is 0 Å². The summed E-state index contributed by atoms with van der Waals surface area (Å²) >= 11 is 6.75. The van der Waals surface area contributed by atoms with Crippen molar-refractivity contribution < 1.29 is 13.6 Å². The summed E-state index contributed by atoms with van der Waals surface area (Å²) in [5.74, 6) is -1.98. The molecule has 0 saturated carbocycles. The van der Waals surface area contributed by atoms with Crippen LogP contribution >= 0.6 is 22.9 Å². The Labute approximate surface area is 99.3 Å². The molecule has 5 heteroatoms. The lowest BCUT2D eigenvalue weighted by Crippen LogP contribution is -2.00. The highest BCUT2D eigenvalue weighted by atomic mass is 35.5. The van der Waals surface area contributed by atoms with Crippen molar-refractivity contribution in [3.8, 4) is 0 Å². The minimum Gasteiger partial charge on any atom is -0.288 e. The summed E-state index contributed by atoms with van der Waals surface area (Å²) in [5.41, 5.74) is -0.0176. The Morgan fingerprint density at radius 3 is 2.25 bits per heavy atom. The smallest absolute Gasteiger partial charge is 0.203 e. The van der Waals surface area contributed by atoms with E-state index in [-0.39, 0.29) is 5.56 Å². The molecule has 0 N–H and O–H groups in total. The Balaban J connectivity index is 2.41. The van der Waals surface area contributed by atoms with Crippen molar-refractivity contribution in [2.45, 2.75) is 0 Å². The molecule has 0 aliphatic carbocycles. The topological polar surface area (TPSA) is 17.1 Å². The summed E-state index contributed by atoms with van der Waals surface area (Å²) in [6.07, 6.45) is 0. The van der Waals surface area contributed by atoms with Gasteiger partial charge in [-0.25, -0.2) is 8.78 Å². The molecule has 16 heavy (non-hydrogen) atoms. The van der Waals surface area contributed by atoms with Gasteiger partial charge in [-0.3, -0.25) is 4.79 Å². The highest BCUT2D eigenvalue weighted by molar-refractivity contribution is 7.18. The fourth-order valence-electron chi connectivity index (χ4n) is 1.26. The summed E-state index contributed by atoms with van der Waals surface area (Å²) in [7, 11) is 0. The Bertz CT molecular complexity index is 530. The number of carbonyl (C=O) groups excluding carboxylic acids is 1. The predicted octanol–water partition coefficient (Wildman–Crippen LogP) is 3.91. The van der Waals surface area contributed by atoms with Gasteiger partial charge in [-0.15, -0.1) is 11.3 Å². The number of benzene rings is 1. The number of hydrogen-bond acceptors (Lipinski definition) is 2. The molecule has 0 radical (unpaired) electrons. The van der Waals surface area contributed by atoms with Crippen LogP contribution in [0.1, 0.15) is 15.2 Å². The van der Waals surface area contributed by atoms with Gasteiger partial charge < -0.3 is 0 Å². The SMILES string of the molecule is O=C(c1cc(F)cc(F)c1)c1ccc(Cl)s1. The molecular weight excluding hydrogens is 254 g/mol. The van der Waals surface area contributed by atoms with Gasteiger partial charge in [0.05, 0.1) is 9.21 Å². The zero-order chi connectivity index (χ0) is 11.7. The van der Waals surface area contributed by atoms with Crippen LogP contribution in [0.15, 0.2) is 30.3 Å². The zero-order valence-electron chi connectivity index (χ0n) is 7.84. The summed E-state index contributed by atoms with van der Waals surface area (Å²) in [6.45, 7) is 0. The first-order valence-electron chi connectivity index (χ1n) is 4.32. The molecule has 0 fully saturated rings. The maximum atomic E-state index is 12.9. The lowest BCUT2D eigenvalue weighted by molar-refractivity contribution is 0.104. The maximum Gasteiger partial charge on any atom is 0.203 e. The summed E-state index contributed by atoms with van der Waals surface area (Å²) in [4.78, 5) is 12.1. The molecule has 2 rings (SSSR count). The van der Waals surface area contributed by atoms with Gasteiger partial charge >= 0.3 is 0 Å². The van der Waals surface area contributed by atoms with E-state index >= 15 is 0 Å². The first kappa shape index (κ1) is 11.2. The molecule has 0 atom stereocenters. The molecule has 1 aromatic carbocycles. The second-order valence-corrected chi connectivity index (χ2v) is 4.81. The Kier molecular flexibility index (Phi) is 3.03. The third kappa shape index (κ3) is 2.28. The highest BCUT2D eigenvalue weighted by Gasteiger charge is 2.13. The molecule has 1 heterocycles. The highest BCUT2D eigenvalue weighted by Crippen LogP contribution is 2.24. The fraction of sp³-hybridized carbons (Fsp3) is 0. The average Bonchev–Trinajstić information content (AvgIpc) is 2.62. The van der Waals surface area contributed by atoms with E-state index in [4.69, 9.17) is 11.6 Å². The van der Waals surface area contributed by atoms with Gasteiger partial charge in [0.15, 0.2) is 0 Å². The number of rotatable bonds is 2. The van der Waals surface area contributed by atoms with Crippen molar-refractivity contribution in [2.75, 3.05) is 0 Å². The normalized spacial score (nSPS) is 10.4. The minimum atomic E-state index is -0.772. The molecule has 1 nitrogen and oxygen atoms in total. The molecule has 82 valence electrons. The number of thiophene rings is 1. The van der Waals surface area contributed by atoms with Crippen molar-refractivity contribution in [1.29, 1.82) is 0 Å². The van der Waals surface area contributed by atoms with Crippen LogP contribution in [0.25, 0.3) is 0 Å². The Hall–Kier alpha value is -1.26. The average molecular weight is 259 g/mol. The van der Waals surface area contributed by atoms with Crippen molar-refractivity contribution in [1.82, 2.24) is 0 Å². The van der Waals surface area contributed by atoms with Gasteiger partial charge in [0, 0.05) is 11.6 Å². The van der Waals surface area contributed by atoms with Crippen molar-refractivity contribution >= 4 is 28.7 Å². The van der Waals surface area contributed by atoms with Gasteiger partial charge in [-0.2, -0.15) is 0 Å². The Morgan fingerprint density at radius 2 is 1.75 bits per heavy atom. The quantitative estimate of drug-likeness (QED) is 0.747. The van der Waals surface area contributed by atoms with Crippen LogP contribution < -0.4 is 0 Å². The first-order valence-corrected chi connectivity index (χ1v) is 5.52. The third-order valence-corrected chi connectivity index (χ3v) is 3.15. The van der Waals surface area contributed by atoms with E-state index in [1.165, 1.54) is 6.07 Å². The van der Waals surface area contributed by atoms with Crippen LogP contribution in [0.2, 0.25) is 4.34 Å². The molecular formula is C11H5ClF2OS. The molecule has 0 spiro atoms. The van der Waals surface area contributed by atoms with Gasteiger partial charge in [0.25, 0.3) is 0 Å². The van der Waals surface area contributed by atoms with Crippen LogP contribution in [0.4, 0.5) is 8.78 Å². The van der Waals surface area contributed by atoms with Gasteiger partial charge in [0.2, 0.25) is 5.78 Å². The van der Waals surface area contributed by atoms with E-state index in [9.17, 15) is 13.6 Å². The molecule has 0 unspecified atom stereocenters. The molecule has 0 bridgehead atoms. The molecule has 1 aromatic heterocycles. The standard InChI is InChI=1S/C11H5ClF2OS/c12-10-2-1-9(16-10)11(15)6-3-7(13)5-8(14)4-6/h1-5H. The zero-order valence-corrected chi connectivity index (χ0v) is 9.41. The second-order valence-electron chi connectivity index (χ2n) is 3.09. The number of carbonyl (C=O) groups is 1. The summed E-state index contributed by atoms with van der Waals surface area (Å²) in [5, 5.41) is 0. The fourth-order valence-corrected chi connectivity index (χ4v) is 2.27. The predicted molar refractivity (Wildman–Crippen MR) is 59.1 cm³/mol. The number of hydrogen-bond donors (Lipinski definition) is 0. The van der Waals surface area contributed by atoms with Gasteiger partial charge in [-0.1, -0.05) is 11.6 Å². The van der Waals surface area contributed by atoms with Crippen molar-refractivity contribution in [3.63, 3.8) is 0 Å². The molecule has 2 aromatic rings. The van der Waals surface area contributed by atoms with E-state index in [1.807, 2.05) is 0 Å². The van der Waals surface area contributed by atoms with Gasteiger partial charge in [0.1, 0.15) is 11.6 Å². The first-order chi connectivity index (χ1) is 7.56. The van der Waals surface area contributed by atoms with E-state index in [2.05, 4.69) is 0 Å². The number of ketones is 1. The molecule has 0 aliphatic rings. The molecule has 0 amide bonds. The minimum absolute atomic E-state index is 0.0176. The van der Waals surface area contributed by atoms with Crippen LogP contribution in [-0.2, 0) is 0 Å². The van der Waals surface area contributed by atoms with Crippen molar-refractivity contribution in [2.24, 2.45) is 0 Å². The monoisotopic (exact) mass is 258 g/mol. The lowest BCUT2D eigenvalue weighted by Gasteiger charge is -1.98. The third-order valence-electron chi connectivity index (χ3n) is 1.92. The van der Waals surface area contributed by atoms with E-state index in [0.717, 1.165) is 29.5 Å². The molecule has 0 saturated heterocycles. The van der Waals surface area contributed by atoms with Crippen LogP contribution in [0, 0.1) is 11.6 Å². The van der Waals surface area contributed by atoms with E-state index in [1.54, 1.807) is 6.07 Å². The lowest BCUT2D eigenvalue weighted by atomic mass is 10.1. The second kappa shape index (κ2) is 4.31. The Morgan fingerprint density at radius 1 is 1.12 bits per heavy atom. The summed E-state index contributed by atoms with van der Waals surface area (Å²) in [6, 6.07) is 5.81. The largest absolute Gasteiger partial charge is 0.288 e. The summed E-state index contributed by atoms with van der Waals surface area (Å²) < 4.78 is 26.2. The van der Waals surface area contributed by atoms with Crippen molar-refractivity contribution in [3.05, 3.63) is 56.7 Å². The van der Waals surface area contributed by atoms with Crippen LogP contribution in [0.5, 0.6) is 0 Å². The number of halogens is 3. The maximum absolute atomic E-state index is 12.9.